The molecule has 0 unspecified atom stereocenters. The van der Waals surface area contributed by atoms with Crippen LogP contribution in [-0.2, 0) is 16.1 Å². The van der Waals surface area contributed by atoms with Crippen molar-refractivity contribution in [2.24, 2.45) is 5.92 Å². The Morgan fingerprint density at radius 2 is 1.79 bits per heavy atom. The average molecular weight is 419 g/mol. The van der Waals surface area contributed by atoms with Gasteiger partial charge in [-0.1, -0.05) is 11.6 Å². The van der Waals surface area contributed by atoms with Crippen LogP contribution in [0.4, 0.5) is 4.79 Å². The fraction of sp³-hybridized carbons (Fsp3) is 0.500. The zero-order valence-corrected chi connectivity index (χ0v) is 16.8. The predicted molar refractivity (Wildman–Crippen MR) is 105 cm³/mol. The van der Waals surface area contributed by atoms with Crippen molar-refractivity contribution in [3.05, 3.63) is 35.2 Å². The molecule has 1 atom stereocenters. The number of nitrogens with zero attached hydrogens (tertiary/aromatic N) is 4. The molecular weight excluding hydrogens is 396 g/mol. The van der Waals surface area contributed by atoms with Crippen LogP contribution in [0.25, 0.3) is 11.5 Å². The molecule has 2 aromatic rings. The summed E-state index contributed by atoms with van der Waals surface area (Å²) in [7, 11) is 0. The van der Waals surface area contributed by atoms with Crippen molar-refractivity contribution in [1.29, 1.82) is 0 Å². The summed E-state index contributed by atoms with van der Waals surface area (Å²) in [6, 6.07) is 7.06. The number of carbonyl (C=O) groups is 2. The van der Waals surface area contributed by atoms with E-state index in [0.29, 0.717) is 30.4 Å². The second kappa shape index (κ2) is 8.82. The first-order chi connectivity index (χ1) is 14.1. The van der Waals surface area contributed by atoms with Crippen molar-refractivity contribution in [3.8, 4) is 11.5 Å². The molecule has 0 bridgehead atoms. The van der Waals surface area contributed by atoms with Gasteiger partial charge in [0.2, 0.25) is 5.89 Å². The molecule has 0 N–H and O–H groups in total. The van der Waals surface area contributed by atoms with Gasteiger partial charge in [0.1, 0.15) is 0 Å². The molecule has 1 aromatic heterocycles. The summed E-state index contributed by atoms with van der Waals surface area (Å²) in [5.41, 5.74) is 0.739. The lowest BCUT2D eigenvalue weighted by atomic mass is 9.98. The largest absolute Gasteiger partial charge is 0.455 e. The second-order valence-corrected chi connectivity index (χ2v) is 7.81. The maximum absolute atomic E-state index is 12.6. The average Bonchev–Trinajstić information content (AvgIpc) is 3.44. The summed E-state index contributed by atoms with van der Waals surface area (Å²) < 4.78 is 10.9. The summed E-state index contributed by atoms with van der Waals surface area (Å²) in [6.45, 7) is 2.60. The van der Waals surface area contributed by atoms with Crippen LogP contribution in [0, 0.1) is 5.92 Å². The van der Waals surface area contributed by atoms with Crippen molar-refractivity contribution in [3.63, 3.8) is 0 Å². The number of benzene rings is 1. The number of amides is 2. The number of rotatable bonds is 4. The van der Waals surface area contributed by atoms with Gasteiger partial charge in [0.25, 0.3) is 5.89 Å². The molecule has 2 aliphatic rings. The van der Waals surface area contributed by atoms with Crippen molar-refractivity contribution < 1.29 is 18.7 Å². The van der Waals surface area contributed by atoms with Crippen molar-refractivity contribution >= 4 is 23.6 Å². The minimum atomic E-state index is -0.338. The molecule has 9 heteroatoms. The van der Waals surface area contributed by atoms with Gasteiger partial charge in [-0.05, 0) is 49.9 Å². The molecule has 2 aliphatic heterocycles. The van der Waals surface area contributed by atoms with Crippen molar-refractivity contribution in [2.45, 2.75) is 32.3 Å². The Hall–Kier alpha value is -2.61. The lowest BCUT2D eigenvalue weighted by Crippen LogP contribution is -2.48. The molecule has 1 aromatic carbocycles. The number of aromatic nitrogens is 2. The first-order valence-electron chi connectivity index (χ1n) is 9.89. The van der Waals surface area contributed by atoms with Crippen LogP contribution >= 0.6 is 11.6 Å². The molecule has 0 saturated carbocycles. The van der Waals surface area contributed by atoms with Crippen LogP contribution in [0.3, 0.4) is 0 Å². The lowest BCUT2D eigenvalue weighted by molar-refractivity contribution is -0.152. The molecular formula is C20H23ClN4O4. The monoisotopic (exact) mass is 418 g/mol. The number of esters is 1. The van der Waals surface area contributed by atoms with Crippen LogP contribution in [-0.4, -0.2) is 58.2 Å². The first kappa shape index (κ1) is 19.7. The normalized spacial score (nSPS) is 19.4. The van der Waals surface area contributed by atoms with E-state index in [1.807, 2.05) is 4.90 Å². The zero-order valence-electron chi connectivity index (χ0n) is 16.1. The summed E-state index contributed by atoms with van der Waals surface area (Å²) >= 11 is 5.88. The predicted octanol–water partition coefficient (Wildman–Crippen LogP) is 3.36. The minimum absolute atomic E-state index is 0.0320. The molecule has 0 radical (unpaired) electrons. The van der Waals surface area contributed by atoms with E-state index < -0.39 is 0 Å². The van der Waals surface area contributed by atoms with Gasteiger partial charge < -0.3 is 19.0 Å². The first-order valence-corrected chi connectivity index (χ1v) is 10.3. The third kappa shape index (κ3) is 4.70. The number of carbonyl (C=O) groups excluding carboxylic acids is 2. The Balaban J connectivity index is 1.30. The highest BCUT2D eigenvalue weighted by Gasteiger charge is 2.32. The zero-order chi connectivity index (χ0) is 20.2. The maximum atomic E-state index is 12.6. The molecule has 2 fully saturated rings. The highest BCUT2D eigenvalue weighted by atomic mass is 35.5. The fourth-order valence-corrected chi connectivity index (χ4v) is 3.85. The Bertz CT molecular complexity index is 864. The third-order valence-corrected chi connectivity index (χ3v) is 5.55. The number of piperidine rings is 1. The number of likely N-dealkylation sites (tertiary alicyclic amines) is 2. The van der Waals surface area contributed by atoms with Gasteiger partial charge >= 0.3 is 12.0 Å². The number of urea groups is 1. The molecule has 0 spiro atoms. The smallest absolute Gasteiger partial charge is 0.320 e. The second-order valence-electron chi connectivity index (χ2n) is 7.38. The van der Waals surface area contributed by atoms with E-state index in [1.54, 1.807) is 29.2 Å². The van der Waals surface area contributed by atoms with Crippen LogP contribution in [0.1, 0.15) is 31.6 Å². The van der Waals surface area contributed by atoms with E-state index in [9.17, 15) is 9.59 Å². The number of ether oxygens (including phenoxy) is 1. The molecule has 2 saturated heterocycles. The Kier molecular flexibility index (Phi) is 5.99. The quantitative estimate of drug-likeness (QED) is 0.707. The van der Waals surface area contributed by atoms with E-state index in [0.717, 1.165) is 37.9 Å². The van der Waals surface area contributed by atoms with Crippen LogP contribution in [0.5, 0.6) is 0 Å². The number of halogens is 1. The van der Waals surface area contributed by atoms with E-state index >= 15 is 0 Å². The van der Waals surface area contributed by atoms with Gasteiger partial charge in [-0.15, -0.1) is 10.2 Å². The molecule has 8 nitrogen and oxygen atoms in total. The fourth-order valence-electron chi connectivity index (χ4n) is 3.72. The van der Waals surface area contributed by atoms with Crippen LogP contribution in [0.2, 0.25) is 5.02 Å². The highest BCUT2D eigenvalue weighted by molar-refractivity contribution is 6.30. The van der Waals surface area contributed by atoms with Crippen molar-refractivity contribution in [1.82, 2.24) is 20.0 Å². The third-order valence-electron chi connectivity index (χ3n) is 5.30. The van der Waals surface area contributed by atoms with E-state index in [1.165, 1.54) is 0 Å². The Morgan fingerprint density at radius 1 is 1.07 bits per heavy atom. The molecule has 29 heavy (non-hydrogen) atoms. The number of hydrogen-bond acceptors (Lipinski definition) is 6. The van der Waals surface area contributed by atoms with Gasteiger partial charge in [-0.2, -0.15) is 0 Å². The molecule has 2 amide bonds. The van der Waals surface area contributed by atoms with Gasteiger partial charge in [-0.25, -0.2) is 4.79 Å². The van der Waals surface area contributed by atoms with Crippen molar-refractivity contribution in [2.75, 3.05) is 26.2 Å². The van der Waals surface area contributed by atoms with Gasteiger partial charge in [-0.3, -0.25) is 4.79 Å². The van der Waals surface area contributed by atoms with E-state index in [4.69, 9.17) is 20.8 Å². The lowest BCUT2D eigenvalue weighted by Gasteiger charge is -2.34. The standard InChI is InChI=1S/C20H23ClN4O4/c21-16-7-5-14(6-8-16)18-23-22-17(29-18)13-28-19(26)15-4-3-11-25(12-15)20(27)24-9-1-2-10-24/h5-8,15H,1-4,9-13H2/t15-/m1/s1. The molecule has 154 valence electrons. The van der Waals surface area contributed by atoms with Crippen LogP contribution < -0.4 is 0 Å². The minimum Gasteiger partial charge on any atom is -0.455 e. The summed E-state index contributed by atoms with van der Waals surface area (Å²) in [5.74, 6) is -0.0963. The molecule has 0 aliphatic carbocycles. The highest BCUT2D eigenvalue weighted by Crippen LogP contribution is 2.23. The Labute approximate surface area is 173 Å². The number of hydrogen-bond donors (Lipinski definition) is 0. The Morgan fingerprint density at radius 3 is 2.55 bits per heavy atom. The van der Waals surface area contributed by atoms with Gasteiger partial charge in [0.05, 0.1) is 5.92 Å². The summed E-state index contributed by atoms with van der Waals surface area (Å²) in [4.78, 5) is 28.7. The van der Waals surface area contributed by atoms with Crippen LogP contribution in [0.15, 0.2) is 28.7 Å². The van der Waals surface area contributed by atoms with Gasteiger partial charge in [0.15, 0.2) is 6.61 Å². The van der Waals surface area contributed by atoms with Gasteiger partial charge in [0, 0.05) is 36.8 Å². The van der Waals surface area contributed by atoms with E-state index in [2.05, 4.69) is 10.2 Å². The molecule has 3 heterocycles. The maximum Gasteiger partial charge on any atom is 0.320 e. The summed E-state index contributed by atoms with van der Waals surface area (Å²) in [6.07, 6.45) is 3.60. The topological polar surface area (TPSA) is 88.8 Å². The molecule has 4 rings (SSSR count). The SMILES string of the molecule is O=C(OCc1nnc(-c2ccc(Cl)cc2)o1)[C@@H]1CCCN(C(=O)N2CCCC2)C1. The van der Waals surface area contributed by atoms with E-state index in [-0.39, 0.29) is 30.4 Å². The summed E-state index contributed by atoms with van der Waals surface area (Å²) in [5, 5.41) is 8.52.